The molecule has 53 heavy (non-hydrogen) atoms. The summed E-state index contributed by atoms with van der Waals surface area (Å²) in [4.78, 5) is 8.18. The molecule has 0 saturated heterocycles. The first-order valence-corrected chi connectivity index (χ1v) is 18.4. The van der Waals surface area contributed by atoms with E-state index in [1.807, 2.05) is 48.5 Å². The second-order valence-electron chi connectivity index (χ2n) is 12.8. The third-order valence-corrected chi connectivity index (χ3v) is 8.66. The van der Waals surface area contributed by atoms with Gasteiger partial charge in [-0.25, -0.2) is 9.97 Å². The number of nitrogens with two attached hydrogens (primary N) is 4. The summed E-state index contributed by atoms with van der Waals surface area (Å²) in [6.45, 7) is 1.93. The van der Waals surface area contributed by atoms with Crippen LogP contribution in [0.1, 0.15) is 78.3 Å². The van der Waals surface area contributed by atoms with Gasteiger partial charge >= 0.3 is 0 Å². The molecule has 7 nitrogen and oxygen atoms in total. The van der Waals surface area contributed by atoms with Gasteiger partial charge in [0.1, 0.15) is 23.3 Å². The van der Waals surface area contributed by atoms with E-state index < -0.39 is 0 Å². The lowest BCUT2D eigenvalue weighted by molar-refractivity contribution is 0.318. The summed E-state index contributed by atoms with van der Waals surface area (Å²) >= 11 is 0. The van der Waals surface area contributed by atoms with E-state index in [4.69, 9.17) is 28.0 Å². The summed E-state index contributed by atoms with van der Waals surface area (Å²) in [7, 11) is 0. The fourth-order valence-electron chi connectivity index (χ4n) is 6.28. The van der Waals surface area contributed by atoms with Gasteiger partial charge in [0.2, 0.25) is 0 Å². The molecule has 0 aliphatic heterocycles. The van der Waals surface area contributed by atoms with Crippen molar-refractivity contribution in [3.63, 3.8) is 0 Å². The largest absolute Gasteiger partial charge is 0.397 e. The summed E-state index contributed by atoms with van der Waals surface area (Å²) in [5.41, 5.74) is 32.1. The van der Waals surface area contributed by atoms with Crippen LogP contribution in [0, 0.1) is 0 Å². The van der Waals surface area contributed by atoms with Crippen molar-refractivity contribution in [3.05, 3.63) is 185 Å². The van der Waals surface area contributed by atoms with Crippen LogP contribution in [0.3, 0.4) is 0 Å². The molecule has 6 aromatic rings. The number of nitrogens with zero attached hydrogens (tertiary/aromatic N) is 2. The number of aromatic nitrogens is 2. The zero-order valence-corrected chi connectivity index (χ0v) is 30.8. The van der Waals surface area contributed by atoms with Gasteiger partial charge in [0.15, 0.2) is 0 Å². The highest BCUT2D eigenvalue weighted by Gasteiger charge is 2.15. The number of rotatable bonds is 13. The van der Waals surface area contributed by atoms with Gasteiger partial charge in [-0.15, -0.1) is 0 Å². The van der Waals surface area contributed by atoms with Crippen LogP contribution in [-0.4, -0.2) is 21.7 Å². The van der Waals surface area contributed by atoms with Crippen molar-refractivity contribution in [1.82, 2.24) is 9.97 Å². The van der Waals surface area contributed by atoms with Crippen molar-refractivity contribution in [2.75, 3.05) is 29.5 Å². The van der Waals surface area contributed by atoms with Crippen LogP contribution in [0.2, 0.25) is 0 Å². The van der Waals surface area contributed by atoms with E-state index in [1.165, 1.54) is 23.1 Å². The van der Waals surface area contributed by atoms with Crippen LogP contribution in [0.25, 0.3) is 5.57 Å². The average molecular weight is 707 g/mol. The van der Waals surface area contributed by atoms with Crippen LogP contribution in [0.15, 0.2) is 152 Å². The van der Waals surface area contributed by atoms with Gasteiger partial charge in [0.05, 0.1) is 0 Å². The molecular formula is C46H54N6O. The Kier molecular flexibility index (Phi) is 16.6. The minimum atomic E-state index is 0.250. The second kappa shape index (κ2) is 22.1. The highest BCUT2D eigenvalue weighted by Crippen LogP contribution is 2.32. The van der Waals surface area contributed by atoms with Crippen molar-refractivity contribution in [3.8, 4) is 0 Å². The van der Waals surface area contributed by atoms with Crippen LogP contribution in [0.5, 0.6) is 0 Å². The van der Waals surface area contributed by atoms with E-state index in [9.17, 15) is 0 Å². The van der Waals surface area contributed by atoms with E-state index in [0.29, 0.717) is 29.2 Å². The highest BCUT2D eigenvalue weighted by atomic mass is 16.2. The standard InChI is InChI=1S/C22H25N3.C22H23N3.C2H6O/c2*23-21-15-19(16-22(24)25-21)20(18-12-5-2-6-13-18)14-8-7-11-17-9-3-1-4-10-17;1-2-3/h1-6,9-10,12-13,15-16,20H,7-8,11,14H2,(H4,23,24,25);1-6,9-10,12-16H,7-8,11H2,(H4,23,24,25);3H,2H2,1H3/b;20-14-;. The molecule has 274 valence electrons. The Balaban J connectivity index is 0.000000220. The van der Waals surface area contributed by atoms with E-state index >= 15 is 0 Å². The second-order valence-corrected chi connectivity index (χ2v) is 12.8. The smallest absolute Gasteiger partial charge is 0.126 e. The van der Waals surface area contributed by atoms with Gasteiger partial charge in [-0.05, 0) is 109 Å². The molecule has 9 N–H and O–H groups in total. The Hall–Kier alpha value is -5.92. The zero-order chi connectivity index (χ0) is 37.7. The molecule has 0 aliphatic rings. The summed E-state index contributed by atoms with van der Waals surface area (Å²) in [5.74, 6) is 2.16. The number of benzene rings is 4. The van der Waals surface area contributed by atoms with Crippen molar-refractivity contribution in [2.45, 2.75) is 57.8 Å². The molecule has 1 unspecified atom stereocenters. The number of aliphatic hydroxyl groups excluding tert-OH is 1. The fraction of sp³-hybridized carbons (Fsp3) is 0.217. The average Bonchev–Trinajstić information content (AvgIpc) is 3.16. The minimum Gasteiger partial charge on any atom is -0.397 e. The van der Waals surface area contributed by atoms with Gasteiger partial charge in [0.25, 0.3) is 0 Å². The van der Waals surface area contributed by atoms with Crippen LogP contribution >= 0.6 is 0 Å². The molecule has 0 radical (unpaired) electrons. The van der Waals surface area contributed by atoms with Gasteiger partial charge in [-0.2, -0.15) is 0 Å². The van der Waals surface area contributed by atoms with Crippen molar-refractivity contribution < 1.29 is 5.11 Å². The van der Waals surface area contributed by atoms with Crippen LogP contribution in [0.4, 0.5) is 23.3 Å². The monoisotopic (exact) mass is 706 g/mol. The molecule has 1 atom stereocenters. The first-order chi connectivity index (χ1) is 25.9. The molecule has 0 saturated carbocycles. The molecule has 0 fully saturated rings. The van der Waals surface area contributed by atoms with Crippen molar-refractivity contribution in [2.24, 2.45) is 0 Å². The summed E-state index contributed by atoms with van der Waals surface area (Å²) in [6, 6.07) is 49.8. The van der Waals surface area contributed by atoms with E-state index in [1.54, 1.807) is 6.92 Å². The molecule has 4 aromatic carbocycles. The lowest BCUT2D eigenvalue weighted by atomic mass is 9.87. The lowest BCUT2D eigenvalue weighted by Gasteiger charge is -2.19. The highest BCUT2D eigenvalue weighted by molar-refractivity contribution is 5.81. The molecular weight excluding hydrogens is 653 g/mol. The molecule has 0 bridgehead atoms. The number of aliphatic hydroxyl groups is 1. The molecule has 0 aliphatic carbocycles. The first kappa shape index (κ1) is 39.9. The molecule has 7 heteroatoms. The van der Waals surface area contributed by atoms with E-state index in [-0.39, 0.29) is 6.61 Å². The number of hydrogen-bond donors (Lipinski definition) is 5. The van der Waals surface area contributed by atoms with E-state index in [2.05, 4.69) is 113 Å². The van der Waals surface area contributed by atoms with Gasteiger partial charge in [0, 0.05) is 12.5 Å². The predicted molar refractivity (Wildman–Crippen MR) is 224 cm³/mol. The Labute approximate surface area is 315 Å². The van der Waals surface area contributed by atoms with Crippen LogP contribution < -0.4 is 22.9 Å². The molecule has 0 spiro atoms. The van der Waals surface area contributed by atoms with Crippen molar-refractivity contribution in [1.29, 1.82) is 0 Å². The molecule has 2 aromatic heterocycles. The Morgan fingerprint density at radius 1 is 0.547 bits per heavy atom. The Bertz CT molecular complexity index is 1890. The predicted octanol–water partition coefficient (Wildman–Crippen LogP) is 9.49. The van der Waals surface area contributed by atoms with Gasteiger partial charge < -0.3 is 28.0 Å². The lowest BCUT2D eigenvalue weighted by Crippen LogP contribution is -2.05. The maximum Gasteiger partial charge on any atom is 0.126 e. The molecule has 2 heterocycles. The number of allylic oxidation sites excluding steroid dienone is 1. The third kappa shape index (κ3) is 14.0. The van der Waals surface area contributed by atoms with Crippen LogP contribution in [-0.2, 0) is 12.8 Å². The number of anilines is 4. The van der Waals surface area contributed by atoms with Gasteiger partial charge in [-0.1, -0.05) is 134 Å². The quantitative estimate of drug-likeness (QED) is 0.0751. The molecule has 0 amide bonds. The Morgan fingerprint density at radius 3 is 1.49 bits per heavy atom. The van der Waals surface area contributed by atoms with Gasteiger partial charge in [-0.3, -0.25) is 0 Å². The summed E-state index contributed by atoms with van der Waals surface area (Å²) in [6.07, 6.45) is 9.92. The third-order valence-electron chi connectivity index (χ3n) is 8.66. The number of nitrogen functional groups attached to an aromatic ring is 4. The number of pyridine rings is 2. The van der Waals surface area contributed by atoms with Crippen molar-refractivity contribution >= 4 is 28.8 Å². The first-order valence-electron chi connectivity index (χ1n) is 18.4. The number of unbranched alkanes of at least 4 members (excludes halogenated alkanes) is 2. The van der Waals surface area contributed by atoms with E-state index in [0.717, 1.165) is 60.8 Å². The molecule has 6 rings (SSSR count). The zero-order valence-electron chi connectivity index (χ0n) is 30.8. The number of aryl methyl sites for hydroxylation is 2. The topological polar surface area (TPSA) is 150 Å². The maximum absolute atomic E-state index is 7.57. The summed E-state index contributed by atoms with van der Waals surface area (Å²) < 4.78 is 0. The Morgan fingerprint density at radius 2 is 0.981 bits per heavy atom. The minimum absolute atomic E-state index is 0.250. The summed E-state index contributed by atoms with van der Waals surface area (Å²) in [5, 5.41) is 7.57. The SMILES string of the molecule is CCO.Nc1cc(/C(=C\CCCc2ccccc2)c2ccccc2)cc(N)n1.Nc1cc(C(CCCCc2ccccc2)c2ccccc2)cc(N)n1. The fourth-order valence-corrected chi connectivity index (χ4v) is 6.28. The maximum atomic E-state index is 7.57. The normalized spacial score (nSPS) is 11.4. The number of hydrogen-bond acceptors (Lipinski definition) is 7.